The predicted octanol–water partition coefficient (Wildman–Crippen LogP) is 0.846. The summed E-state index contributed by atoms with van der Waals surface area (Å²) >= 11 is 0. The molecule has 0 aliphatic carbocycles. The Kier molecular flexibility index (Phi) is 3.78. The summed E-state index contributed by atoms with van der Waals surface area (Å²) < 4.78 is 22.6. The van der Waals surface area contributed by atoms with Gasteiger partial charge in [0.05, 0.1) is 5.75 Å². The number of amides is 1. The quantitative estimate of drug-likeness (QED) is 0.693. The summed E-state index contributed by atoms with van der Waals surface area (Å²) in [6, 6.07) is 0. The van der Waals surface area contributed by atoms with Crippen LogP contribution in [0, 0.1) is 5.41 Å². The van der Waals surface area contributed by atoms with E-state index in [1.165, 1.54) is 12.3 Å². The van der Waals surface area contributed by atoms with Crippen LogP contribution in [0.2, 0.25) is 0 Å². The molecule has 0 aromatic rings. The molecule has 0 spiro atoms. The van der Waals surface area contributed by atoms with E-state index >= 15 is 0 Å². The number of sulfone groups is 1. The lowest BCUT2D eigenvalue weighted by Crippen LogP contribution is -2.43. The van der Waals surface area contributed by atoms with Crippen molar-refractivity contribution in [2.24, 2.45) is 5.41 Å². The average Bonchev–Trinajstić information content (AvgIpc) is 2.14. The molecule has 1 aliphatic heterocycles. The highest BCUT2D eigenvalue weighted by atomic mass is 32.2. The molecule has 5 heteroatoms. The first-order valence-electron chi connectivity index (χ1n) is 5.35. The molecule has 0 aromatic carbocycles. The third kappa shape index (κ3) is 3.63. The lowest BCUT2D eigenvalue weighted by atomic mass is 9.82. The Balaban J connectivity index is 2.60. The van der Waals surface area contributed by atoms with E-state index in [9.17, 15) is 13.2 Å². The van der Waals surface area contributed by atoms with Gasteiger partial charge in [-0.1, -0.05) is 13.5 Å². The van der Waals surface area contributed by atoms with Gasteiger partial charge in [0.2, 0.25) is 5.91 Å². The number of nitrogens with zero attached hydrogens (tertiary/aromatic N) is 1. The minimum absolute atomic E-state index is 0.0681. The normalized spacial score (nSPS) is 20.5. The van der Waals surface area contributed by atoms with Gasteiger partial charge < -0.3 is 4.90 Å². The third-order valence-corrected chi connectivity index (χ3v) is 4.29. The van der Waals surface area contributed by atoms with Gasteiger partial charge in [0.25, 0.3) is 0 Å². The molecule has 0 saturated carbocycles. The van der Waals surface area contributed by atoms with E-state index in [1.807, 2.05) is 6.92 Å². The number of likely N-dealkylation sites (tertiary alicyclic amines) is 1. The summed E-state index contributed by atoms with van der Waals surface area (Å²) in [5, 5.41) is 0. The van der Waals surface area contributed by atoms with Crippen LogP contribution in [0.3, 0.4) is 0 Å². The average molecular weight is 245 g/mol. The Hall–Kier alpha value is -0.840. The monoisotopic (exact) mass is 245 g/mol. The van der Waals surface area contributed by atoms with Crippen molar-refractivity contribution < 1.29 is 13.2 Å². The molecule has 1 rings (SSSR count). The second-order valence-electron chi connectivity index (χ2n) is 4.91. The molecule has 4 nitrogen and oxygen atoms in total. The van der Waals surface area contributed by atoms with Crippen molar-refractivity contribution in [2.75, 3.05) is 25.1 Å². The molecular formula is C11H19NO3S. The number of carbonyl (C=O) groups is 1. The van der Waals surface area contributed by atoms with E-state index < -0.39 is 9.84 Å². The smallest absolute Gasteiger partial charge is 0.245 e. The minimum Gasteiger partial charge on any atom is -0.339 e. The number of rotatable bonds is 3. The van der Waals surface area contributed by atoms with E-state index in [0.717, 1.165) is 12.8 Å². The fraction of sp³-hybridized carbons (Fsp3) is 0.727. The first-order chi connectivity index (χ1) is 7.26. The Morgan fingerprint density at radius 1 is 1.44 bits per heavy atom. The van der Waals surface area contributed by atoms with Gasteiger partial charge in [-0.3, -0.25) is 4.79 Å². The van der Waals surface area contributed by atoms with Gasteiger partial charge in [0.1, 0.15) is 9.84 Å². The summed E-state index contributed by atoms with van der Waals surface area (Å²) in [7, 11) is -2.95. The van der Waals surface area contributed by atoms with Crippen LogP contribution in [0.1, 0.15) is 19.8 Å². The molecule has 92 valence electrons. The lowest BCUT2D eigenvalue weighted by molar-refractivity contribution is -0.127. The largest absolute Gasteiger partial charge is 0.339 e. The summed E-state index contributed by atoms with van der Waals surface area (Å²) in [5.74, 6) is 0.136. The van der Waals surface area contributed by atoms with Crippen LogP contribution in [0.25, 0.3) is 0 Å². The van der Waals surface area contributed by atoms with Gasteiger partial charge in [-0.2, -0.15) is 0 Å². The van der Waals surface area contributed by atoms with E-state index in [0.29, 0.717) is 13.1 Å². The van der Waals surface area contributed by atoms with Gasteiger partial charge in [-0.15, -0.1) is 0 Å². The Morgan fingerprint density at radius 3 is 2.31 bits per heavy atom. The highest BCUT2D eigenvalue weighted by Gasteiger charge is 2.33. The summed E-state index contributed by atoms with van der Waals surface area (Å²) in [6.07, 6.45) is 4.04. The van der Waals surface area contributed by atoms with Crippen LogP contribution < -0.4 is 0 Å². The molecule has 0 radical (unpaired) electrons. The van der Waals surface area contributed by atoms with E-state index in [2.05, 4.69) is 6.58 Å². The van der Waals surface area contributed by atoms with Crippen molar-refractivity contribution >= 4 is 15.7 Å². The number of piperidine rings is 1. The summed E-state index contributed by atoms with van der Waals surface area (Å²) in [6.45, 7) is 6.66. The minimum atomic E-state index is -2.95. The second kappa shape index (κ2) is 4.57. The molecule has 1 heterocycles. The van der Waals surface area contributed by atoms with Crippen molar-refractivity contribution in [3.05, 3.63) is 12.7 Å². The molecule has 0 N–H and O–H groups in total. The van der Waals surface area contributed by atoms with Gasteiger partial charge in [0.15, 0.2) is 0 Å². The molecule has 1 aliphatic rings. The summed E-state index contributed by atoms with van der Waals surface area (Å²) in [4.78, 5) is 13.1. The summed E-state index contributed by atoms with van der Waals surface area (Å²) in [5.41, 5.74) is -0.189. The molecule has 0 atom stereocenters. The molecule has 0 aromatic heterocycles. The van der Waals surface area contributed by atoms with Crippen molar-refractivity contribution in [1.29, 1.82) is 0 Å². The molecule has 16 heavy (non-hydrogen) atoms. The second-order valence-corrected chi connectivity index (χ2v) is 7.05. The molecule has 0 unspecified atom stereocenters. The SMILES string of the molecule is C=CC(=O)N1CCC(C)(CS(C)(=O)=O)CC1. The van der Waals surface area contributed by atoms with Crippen LogP contribution >= 0.6 is 0 Å². The van der Waals surface area contributed by atoms with Crippen LogP contribution in [0.5, 0.6) is 0 Å². The van der Waals surface area contributed by atoms with Crippen LogP contribution in [-0.2, 0) is 14.6 Å². The lowest BCUT2D eigenvalue weighted by Gasteiger charge is -2.38. The number of hydrogen-bond acceptors (Lipinski definition) is 3. The fourth-order valence-corrected chi connectivity index (χ4v) is 3.73. The molecule has 0 bridgehead atoms. The Bertz CT molecular complexity index is 378. The Labute approximate surface area is 97.2 Å². The van der Waals surface area contributed by atoms with E-state index in [1.54, 1.807) is 4.90 Å². The molecular weight excluding hydrogens is 226 g/mol. The maximum absolute atomic E-state index is 11.4. The zero-order valence-corrected chi connectivity index (χ0v) is 10.7. The van der Waals surface area contributed by atoms with Crippen molar-refractivity contribution in [3.8, 4) is 0 Å². The number of carbonyl (C=O) groups excluding carboxylic acids is 1. The zero-order valence-electron chi connectivity index (χ0n) is 9.90. The maximum Gasteiger partial charge on any atom is 0.245 e. The first-order valence-corrected chi connectivity index (χ1v) is 7.41. The molecule has 1 fully saturated rings. The molecule has 1 amide bonds. The highest BCUT2D eigenvalue weighted by Crippen LogP contribution is 2.32. The molecule has 1 saturated heterocycles. The van der Waals surface area contributed by atoms with E-state index in [-0.39, 0.29) is 17.1 Å². The van der Waals surface area contributed by atoms with Crippen LogP contribution in [0.15, 0.2) is 12.7 Å². The standard InChI is InChI=1S/C11H19NO3S/c1-4-10(13)12-7-5-11(2,6-8-12)9-16(3,14)15/h4H,1,5-9H2,2-3H3. The van der Waals surface area contributed by atoms with Crippen molar-refractivity contribution in [1.82, 2.24) is 4.90 Å². The predicted molar refractivity (Wildman–Crippen MR) is 63.8 cm³/mol. The fourth-order valence-electron chi connectivity index (χ4n) is 2.17. The maximum atomic E-state index is 11.4. The van der Waals surface area contributed by atoms with Crippen molar-refractivity contribution in [2.45, 2.75) is 19.8 Å². The third-order valence-electron chi connectivity index (χ3n) is 3.07. The van der Waals surface area contributed by atoms with Gasteiger partial charge in [0, 0.05) is 19.3 Å². The van der Waals surface area contributed by atoms with Gasteiger partial charge in [-0.05, 0) is 24.3 Å². The van der Waals surface area contributed by atoms with Crippen LogP contribution in [0.4, 0.5) is 0 Å². The first kappa shape index (κ1) is 13.2. The van der Waals surface area contributed by atoms with Crippen molar-refractivity contribution in [3.63, 3.8) is 0 Å². The topological polar surface area (TPSA) is 54.5 Å². The number of hydrogen-bond donors (Lipinski definition) is 0. The zero-order chi connectivity index (χ0) is 12.4. The van der Waals surface area contributed by atoms with Crippen LogP contribution in [-0.4, -0.2) is 44.3 Å². The van der Waals surface area contributed by atoms with Gasteiger partial charge >= 0.3 is 0 Å². The highest BCUT2D eigenvalue weighted by molar-refractivity contribution is 7.90. The Morgan fingerprint density at radius 2 is 1.94 bits per heavy atom. The van der Waals surface area contributed by atoms with E-state index in [4.69, 9.17) is 0 Å². The van der Waals surface area contributed by atoms with Gasteiger partial charge in [-0.25, -0.2) is 8.42 Å².